The highest BCUT2D eigenvalue weighted by atomic mass is 32.1. The van der Waals surface area contributed by atoms with Crippen LogP contribution in [0.3, 0.4) is 0 Å². The number of esters is 1. The lowest BCUT2D eigenvalue weighted by Crippen LogP contribution is -2.46. The number of carbonyl (C=O) groups is 2. The molecule has 1 heterocycles. The summed E-state index contributed by atoms with van der Waals surface area (Å²) in [5.41, 5.74) is 2.55. The van der Waals surface area contributed by atoms with E-state index in [4.69, 9.17) is 21.7 Å². The fourth-order valence-electron chi connectivity index (χ4n) is 3.17. The van der Waals surface area contributed by atoms with Crippen LogP contribution in [0.25, 0.3) is 0 Å². The van der Waals surface area contributed by atoms with Crippen LogP contribution in [0.4, 0.5) is 5.69 Å². The van der Waals surface area contributed by atoms with Gasteiger partial charge in [0, 0.05) is 17.5 Å². The Morgan fingerprint density at radius 1 is 1.10 bits per heavy atom. The van der Waals surface area contributed by atoms with E-state index in [1.54, 1.807) is 62.6 Å². The molecule has 1 amide bonds. The van der Waals surface area contributed by atoms with Gasteiger partial charge in [0.15, 0.2) is 5.11 Å². The first-order valence-corrected chi connectivity index (χ1v) is 9.26. The van der Waals surface area contributed by atoms with Gasteiger partial charge in [-0.15, -0.1) is 0 Å². The van der Waals surface area contributed by atoms with Crippen molar-refractivity contribution in [2.24, 2.45) is 0 Å². The molecule has 3 N–H and O–H groups in total. The molecule has 2 aromatic rings. The summed E-state index contributed by atoms with van der Waals surface area (Å²) < 4.78 is 10.1. The number of hydrogen-bond donors (Lipinski definition) is 3. The lowest BCUT2D eigenvalue weighted by molar-refractivity contribution is -0.113. The normalized spacial score (nSPS) is 15.8. The Labute approximate surface area is 174 Å². The van der Waals surface area contributed by atoms with Crippen LogP contribution in [-0.4, -0.2) is 31.2 Å². The molecule has 0 saturated heterocycles. The molecule has 0 spiro atoms. The third-order valence-electron chi connectivity index (χ3n) is 4.52. The lowest BCUT2D eigenvalue weighted by atomic mass is 9.91. The van der Waals surface area contributed by atoms with E-state index in [0.29, 0.717) is 38.9 Å². The second-order valence-corrected chi connectivity index (χ2v) is 6.74. The zero-order valence-electron chi connectivity index (χ0n) is 16.2. The van der Waals surface area contributed by atoms with Gasteiger partial charge in [-0.3, -0.25) is 4.79 Å². The van der Waals surface area contributed by atoms with E-state index in [1.807, 2.05) is 0 Å². The average Bonchev–Trinajstić information content (AvgIpc) is 2.72. The number of methoxy groups -OCH3 is 2. The molecule has 3 rings (SSSR count). The molecule has 0 saturated carbocycles. The number of anilines is 1. The molecule has 29 heavy (non-hydrogen) atoms. The van der Waals surface area contributed by atoms with Crippen LogP contribution in [0.1, 0.15) is 28.9 Å². The monoisotopic (exact) mass is 411 g/mol. The molecule has 1 atom stereocenters. The number of thiocarbonyl (C=S) groups is 1. The number of allylic oxidation sites excluding steroid dienone is 1. The maximum Gasteiger partial charge on any atom is 0.338 e. The molecule has 0 aliphatic carbocycles. The summed E-state index contributed by atoms with van der Waals surface area (Å²) in [6.45, 7) is 1.77. The predicted octanol–water partition coefficient (Wildman–Crippen LogP) is 2.91. The van der Waals surface area contributed by atoms with Gasteiger partial charge in [-0.1, -0.05) is 24.3 Å². The Morgan fingerprint density at radius 2 is 1.86 bits per heavy atom. The molecular weight excluding hydrogens is 390 g/mol. The van der Waals surface area contributed by atoms with Gasteiger partial charge in [0.25, 0.3) is 5.91 Å². The summed E-state index contributed by atoms with van der Waals surface area (Å²) in [5.74, 6) is -0.192. The third kappa shape index (κ3) is 4.38. The fourth-order valence-corrected chi connectivity index (χ4v) is 3.44. The maximum absolute atomic E-state index is 13.2. The molecule has 7 nitrogen and oxygen atoms in total. The van der Waals surface area contributed by atoms with E-state index in [2.05, 4.69) is 16.0 Å². The minimum Gasteiger partial charge on any atom is -0.497 e. The van der Waals surface area contributed by atoms with Crippen molar-refractivity contribution in [3.8, 4) is 5.75 Å². The molecular formula is C21H21N3O4S. The van der Waals surface area contributed by atoms with E-state index in [0.717, 1.165) is 0 Å². The molecule has 1 unspecified atom stereocenters. The van der Waals surface area contributed by atoms with Gasteiger partial charge in [0.1, 0.15) is 5.75 Å². The number of rotatable bonds is 5. The van der Waals surface area contributed by atoms with Gasteiger partial charge in [0.2, 0.25) is 0 Å². The highest BCUT2D eigenvalue weighted by Gasteiger charge is 2.32. The van der Waals surface area contributed by atoms with Crippen LogP contribution in [0, 0.1) is 0 Å². The second-order valence-electron chi connectivity index (χ2n) is 6.34. The van der Waals surface area contributed by atoms with E-state index >= 15 is 0 Å². The largest absolute Gasteiger partial charge is 0.497 e. The summed E-state index contributed by atoms with van der Waals surface area (Å²) in [6.07, 6.45) is 0. The van der Waals surface area contributed by atoms with Crippen molar-refractivity contribution in [3.05, 3.63) is 70.9 Å². The number of ether oxygens (including phenoxy) is 2. The molecule has 0 aromatic heterocycles. The number of nitrogens with one attached hydrogen (secondary N) is 3. The van der Waals surface area contributed by atoms with Crippen LogP contribution in [0.2, 0.25) is 0 Å². The first-order valence-electron chi connectivity index (χ1n) is 8.85. The minimum absolute atomic E-state index is 0.331. The molecule has 1 aliphatic heterocycles. The van der Waals surface area contributed by atoms with Gasteiger partial charge in [-0.2, -0.15) is 0 Å². The molecule has 1 aliphatic rings. The Kier molecular flexibility index (Phi) is 6.13. The van der Waals surface area contributed by atoms with Crippen molar-refractivity contribution in [2.45, 2.75) is 13.0 Å². The highest BCUT2D eigenvalue weighted by molar-refractivity contribution is 7.80. The minimum atomic E-state index is -0.621. The SMILES string of the molecule is COC(=O)c1ccccc1C1NC(=S)NC(C)=C1C(=O)Nc1cccc(OC)c1. The lowest BCUT2D eigenvalue weighted by Gasteiger charge is -2.31. The van der Waals surface area contributed by atoms with Crippen molar-refractivity contribution in [3.63, 3.8) is 0 Å². The standard InChI is InChI=1S/C21H21N3O4S/c1-12-17(19(25)23-13-7-6-8-14(11-13)27-2)18(24-21(29)22-12)15-9-4-5-10-16(15)20(26)28-3/h4-11,18H,1-3H3,(H,23,25)(H2,22,24,29). The van der Waals surface area contributed by atoms with Gasteiger partial charge < -0.3 is 25.4 Å². The zero-order valence-corrected chi connectivity index (χ0v) is 17.1. The quantitative estimate of drug-likeness (QED) is 0.515. The van der Waals surface area contributed by atoms with Crippen LogP contribution >= 0.6 is 12.2 Å². The number of carbonyl (C=O) groups excluding carboxylic acids is 2. The average molecular weight is 411 g/mol. The van der Waals surface area contributed by atoms with Gasteiger partial charge in [-0.25, -0.2) is 4.79 Å². The smallest absolute Gasteiger partial charge is 0.338 e. The molecule has 0 radical (unpaired) electrons. The number of benzene rings is 2. The molecule has 0 bridgehead atoms. The Hall–Kier alpha value is -3.39. The van der Waals surface area contributed by atoms with E-state index < -0.39 is 12.0 Å². The van der Waals surface area contributed by atoms with Crippen molar-refractivity contribution in [2.75, 3.05) is 19.5 Å². The van der Waals surface area contributed by atoms with Crippen LogP contribution in [0.5, 0.6) is 5.75 Å². The predicted molar refractivity (Wildman–Crippen MR) is 114 cm³/mol. The third-order valence-corrected chi connectivity index (χ3v) is 4.74. The number of amides is 1. The second kappa shape index (κ2) is 8.74. The topological polar surface area (TPSA) is 88.7 Å². The zero-order chi connectivity index (χ0) is 21.0. The highest BCUT2D eigenvalue weighted by Crippen LogP contribution is 2.30. The van der Waals surface area contributed by atoms with E-state index in [1.165, 1.54) is 7.11 Å². The first kappa shape index (κ1) is 20.3. The first-order chi connectivity index (χ1) is 13.9. The summed E-state index contributed by atoms with van der Waals surface area (Å²) in [7, 11) is 2.88. The van der Waals surface area contributed by atoms with Gasteiger partial charge in [0.05, 0.1) is 31.4 Å². The fraction of sp³-hybridized carbons (Fsp3) is 0.190. The summed E-state index contributed by atoms with van der Waals surface area (Å²) in [4.78, 5) is 25.4. The summed E-state index contributed by atoms with van der Waals surface area (Å²) in [6, 6.07) is 13.4. The maximum atomic E-state index is 13.2. The van der Waals surface area contributed by atoms with Crippen molar-refractivity contribution >= 4 is 34.9 Å². The van der Waals surface area contributed by atoms with Crippen molar-refractivity contribution in [1.82, 2.24) is 10.6 Å². The molecule has 0 fully saturated rings. The van der Waals surface area contributed by atoms with Gasteiger partial charge in [-0.05, 0) is 42.9 Å². The summed E-state index contributed by atoms with van der Waals surface area (Å²) in [5, 5.41) is 9.31. The van der Waals surface area contributed by atoms with Crippen molar-refractivity contribution in [1.29, 1.82) is 0 Å². The molecule has 150 valence electrons. The van der Waals surface area contributed by atoms with E-state index in [9.17, 15) is 9.59 Å². The van der Waals surface area contributed by atoms with Gasteiger partial charge >= 0.3 is 5.97 Å². The van der Waals surface area contributed by atoms with Crippen LogP contribution in [-0.2, 0) is 9.53 Å². The summed E-state index contributed by atoms with van der Waals surface area (Å²) >= 11 is 5.28. The van der Waals surface area contributed by atoms with Crippen LogP contribution < -0.4 is 20.7 Å². The van der Waals surface area contributed by atoms with Crippen LogP contribution in [0.15, 0.2) is 59.8 Å². The van der Waals surface area contributed by atoms with Crippen molar-refractivity contribution < 1.29 is 19.1 Å². The molecule has 8 heteroatoms. The Balaban J connectivity index is 2.01. The Morgan fingerprint density at radius 3 is 2.59 bits per heavy atom. The van der Waals surface area contributed by atoms with E-state index in [-0.39, 0.29) is 5.91 Å². The number of hydrogen-bond acceptors (Lipinski definition) is 5. The Bertz CT molecular complexity index is 1000. The molecule has 2 aromatic carbocycles.